The van der Waals surface area contributed by atoms with E-state index in [9.17, 15) is 9.18 Å². The molecule has 0 aliphatic rings. The lowest BCUT2D eigenvalue weighted by atomic mass is 10.2. The van der Waals surface area contributed by atoms with Gasteiger partial charge in [0, 0.05) is 13.6 Å². The second-order valence-electron chi connectivity index (χ2n) is 5.61. The van der Waals surface area contributed by atoms with Gasteiger partial charge in [-0.25, -0.2) is 9.07 Å². The molecule has 0 saturated heterocycles. The average Bonchev–Trinajstić information content (AvgIpc) is 2.80. The molecule has 0 saturated carbocycles. The molecule has 0 aliphatic carbocycles. The van der Waals surface area contributed by atoms with Gasteiger partial charge in [-0.3, -0.25) is 4.79 Å². The first kappa shape index (κ1) is 15.2. The highest BCUT2D eigenvalue weighted by molar-refractivity contribution is 5.95. The second-order valence-corrected chi connectivity index (χ2v) is 5.61. The van der Waals surface area contributed by atoms with Crippen molar-refractivity contribution in [2.75, 3.05) is 13.6 Å². The minimum Gasteiger partial charge on any atom is -0.341 e. The summed E-state index contributed by atoms with van der Waals surface area (Å²) in [4.78, 5) is 14.1. The van der Waals surface area contributed by atoms with Crippen molar-refractivity contribution < 1.29 is 9.18 Å². The van der Waals surface area contributed by atoms with E-state index in [2.05, 4.69) is 18.9 Å². The third kappa shape index (κ3) is 3.29. The molecule has 0 aliphatic heterocycles. The van der Waals surface area contributed by atoms with Gasteiger partial charge in [0.25, 0.3) is 5.91 Å². The number of carbonyl (C=O) groups is 1. The summed E-state index contributed by atoms with van der Waals surface area (Å²) < 4.78 is 14.6. The highest BCUT2D eigenvalue weighted by Gasteiger charge is 2.19. The molecule has 2 aromatic rings. The van der Waals surface area contributed by atoms with Crippen LogP contribution in [0.2, 0.25) is 0 Å². The zero-order chi connectivity index (χ0) is 15.6. The van der Waals surface area contributed by atoms with E-state index in [4.69, 9.17) is 0 Å². The summed E-state index contributed by atoms with van der Waals surface area (Å²) in [5.41, 5.74) is 2.06. The number of amides is 1. The van der Waals surface area contributed by atoms with Crippen molar-refractivity contribution in [3.8, 4) is 5.69 Å². The Balaban J connectivity index is 2.28. The molecule has 21 heavy (non-hydrogen) atoms. The smallest absolute Gasteiger partial charge is 0.257 e. The molecular formula is C16H20FN3O. The van der Waals surface area contributed by atoms with Gasteiger partial charge >= 0.3 is 0 Å². The molecule has 2 rings (SSSR count). The van der Waals surface area contributed by atoms with E-state index in [1.807, 2.05) is 6.92 Å². The normalized spacial score (nSPS) is 11.0. The standard InChI is InChI=1S/C16H20FN3O/c1-11(2)10-19(4)16(21)15-9-18-20(12(15)3)14-7-5-13(17)6-8-14/h5-9,11H,10H2,1-4H3. The molecule has 0 atom stereocenters. The van der Waals surface area contributed by atoms with Crippen LogP contribution in [0, 0.1) is 18.7 Å². The number of rotatable bonds is 4. The lowest BCUT2D eigenvalue weighted by Crippen LogP contribution is -2.30. The van der Waals surface area contributed by atoms with Gasteiger partial charge < -0.3 is 4.90 Å². The quantitative estimate of drug-likeness (QED) is 0.867. The van der Waals surface area contributed by atoms with Crippen LogP contribution in [0.1, 0.15) is 29.9 Å². The number of carbonyl (C=O) groups excluding carboxylic acids is 1. The number of halogens is 1. The Bertz CT molecular complexity index is 631. The first-order valence-corrected chi connectivity index (χ1v) is 6.96. The van der Waals surface area contributed by atoms with Crippen LogP contribution in [0.4, 0.5) is 4.39 Å². The van der Waals surface area contributed by atoms with Crippen molar-refractivity contribution in [2.24, 2.45) is 5.92 Å². The number of hydrogen-bond donors (Lipinski definition) is 0. The Morgan fingerprint density at radius 3 is 2.52 bits per heavy atom. The fourth-order valence-corrected chi connectivity index (χ4v) is 2.30. The van der Waals surface area contributed by atoms with Gasteiger partial charge in [0.15, 0.2) is 0 Å². The first-order valence-electron chi connectivity index (χ1n) is 6.96. The monoisotopic (exact) mass is 289 g/mol. The van der Waals surface area contributed by atoms with Crippen LogP contribution in [0.5, 0.6) is 0 Å². The molecule has 0 fully saturated rings. The van der Waals surface area contributed by atoms with E-state index in [0.29, 0.717) is 18.0 Å². The van der Waals surface area contributed by atoms with E-state index in [0.717, 1.165) is 11.4 Å². The Morgan fingerprint density at radius 2 is 1.95 bits per heavy atom. The SMILES string of the molecule is Cc1c(C(=O)N(C)CC(C)C)cnn1-c1ccc(F)cc1. The Hall–Kier alpha value is -2.17. The lowest BCUT2D eigenvalue weighted by Gasteiger charge is -2.19. The van der Waals surface area contributed by atoms with Crippen molar-refractivity contribution in [1.82, 2.24) is 14.7 Å². The topological polar surface area (TPSA) is 38.1 Å². The van der Waals surface area contributed by atoms with Crippen LogP contribution >= 0.6 is 0 Å². The summed E-state index contributed by atoms with van der Waals surface area (Å²) in [7, 11) is 1.79. The fourth-order valence-electron chi connectivity index (χ4n) is 2.30. The number of benzene rings is 1. The van der Waals surface area contributed by atoms with Crippen LogP contribution in [0.15, 0.2) is 30.5 Å². The molecule has 5 heteroatoms. The largest absolute Gasteiger partial charge is 0.341 e. The van der Waals surface area contributed by atoms with Crippen LogP contribution in [-0.2, 0) is 0 Å². The average molecular weight is 289 g/mol. The van der Waals surface area contributed by atoms with Crippen LogP contribution < -0.4 is 0 Å². The van der Waals surface area contributed by atoms with Crippen LogP contribution in [0.25, 0.3) is 5.69 Å². The van der Waals surface area contributed by atoms with Crippen molar-refractivity contribution in [3.05, 3.63) is 47.5 Å². The molecule has 0 N–H and O–H groups in total. The predicted octanol–water partition coefficient (Wildman–Crippen LogP) is 3.05. The summed E-state index contributed by atoms with van der Waals surface area (Å²) in [5, 5.41) is 4.24. The molecule has 1 aromatic carbocycles. The number of aromatic nitrogens is 2. The molecule has 1 amide bonds. The molecular weight excluding hydrogens is 269 g/mol. The molecule has 4 nitrogen and oxygen atoms in total. The molecule has 1 heterocycles. The minimum absolute atomic E-state index is 0.0467. The van der Waals surface area contributed by atoms with E-state index < -0.39 is 0 Å². The van der Waals surface area contributed by atoms with Crippen molar-refractivity contribution in [1.29, 1.82) is 0 Å². The van der Waals surface area contributed by atoms with E-state index in [1.165, 1.54) is 12.1 Å². The third-order valence-corrected chi connectivity index (χ3v) is 3.30. The van der Waals surface area contributed by atoms with E-state index >= 15 is 0 Å². The van der Waals surface area contributed by atoms with Gasteiger partial charge in [0.1, 0.15) is 5.82 Å². The Kier molecular flexibility index (Phi) is 4.40. The van der Waals surface area contributed by atoms with Crippen molar-refractivity contribution >= 4 is 5.91 Å². The Morgan fingerprint density at radius 1 is 1.33 bits per heavy atom. The summed E-state index contributed by atoms with van der Waals surface area (Å²) in [6, 6.07) is 6.04. The van der Waals surface area contributed by atoms with Crippen molar-refractivity contribution in [3.63, 3.8) is 0 Å². The highest BCUT2D eigenvalue weighted by Crippen LogP contribution is 2.16. The summed E-state index contributed by atoms with van der Waals surface area (Å²) in [6.45, 7) is 6.67. The van der Waals surface area contributed by atoms with Crippen LogP contribution in [-0.4, -0.2) is 34.2 Å². The van der Waals surface area contributed by atoms with Crippen LogP contribution in [0.3, 0.4) is 0 Å². The van der Waals surface area contributed by atoms with Gasteiger partial charge in [-0.05, 0) is 37.1 Å². The first-order chi connectivity index (χ1) is 9.90. The molecule has 0 spiro atoms. The third-order valence-electron chi connectivity index (χ3n) is 3.30. The maximum atomic E-state index is 13.0. The maximum absolute atomic E-state index is 13.0. The molecule has 1 aromatic heterocycles. The second kappa shape index (κ2) is 6.08. The summed E-state index contributed by atoms with van der Waals surface area (Å²) in [6.07, 6.45) is 1.57. The minimum atomic E-state index is -0.295. The molecule has 112 valence electrons. The van der Waals surface area contributed by atoms with Gasteiger partial charge in [-0.2, -0.15) is 5.10 Å². The predicted molar refractivity (Wildman–Crippen MR) is 80.1 cm³/mol. The van der Waals surface area contributed by atoms with E-state index in [-0.39, 0.29) is 11.7 Å². The lowest BCUT2D eigenvalue weighted by molar-refractivity contribution is 0.0778. The van der Waals surface area contributed by atoms with E-state index in [1.54, 1.807) is 35.0 Å². The van der Waals surface area contributed by atoms with Gasteiger partial charge in [-0.15, -0.1) is 0 Å². The van der Waals surface area contributed by atoms with Gasteiger partial charge in [-0.1, -0.05) is 13.8 Å². The Labute approximate surface area is 124 Å². The summed E-state index contributed by atoms with van der Waals surface area (Å²) in [5.74, 6) is 0.0671. The van der Waals surface area contributed by atoms with Crippen molar-refractivity contribution in [2.45, 2.75) is 20.8 Å². The molecule has 0 unspecified atom stereocenters. The zero-order valence-electron chi connectivity index (χ0n) is 12.8. The molecule has 0 bridgehead atoms. The fraction of sp³-hybridized carbons (Fsp3) is 0.375. The number of hydrogen-bond acceptors (Lipinski definition) is 2. The number of nitrogens with zero attached hydrogens (tertiary/aromatic N) is 3. The maximum Gasteiger partial charge on any atom is 0.257 e. The highest BCUT2D eigenvalue weighted by atomic mass is 19.1. The molecule has 0 radical (unpaired) electrons. The zero-order valence-corrected chi connectivity index (χ0v) is 12.8. The van der Waals surface area contributed by atoms with Gasteiger partial charge in [0.05, 0.1) is 23.1 Å². The van der Waals surface area contributed by atoms with Gasteiger partial charge in [0.2, 0.25) is 0 Å². The summed E-state index contributed by atoms with van der Waals surface area (Å²) >= 11 is 0.